The zero-order valence-electron chi connectivity index (χ0n) is 11.0. The van der Waals surface area contributed by atoms with Crippen LogP contribution >= 0.6 is 0 Å². The van der Waals surface area contributed by atoms with Gasteiger partial charge in [0.05, 0.1) is 13.2 Å². The maximum atomic E-state index is 10.6. The molecule has 18 heavy (non-hydrogen) atoms. The van der Waals surface area contributed by atoms with Crippen molar-refractivity contribution in [1.82, 2.24) is 5.32 Å². The number of hydrogen-bond acceptors (Lipinski definition) is 4. The molecule has 1 aromatic rings. The van der Waals surface area contributed by atoms with Crippen LogP contribution in [0.25, 0.3) is 0 Å². The fourth-order valence-corrected chi connectivity index (χ4v) is 2.24. The molecule has 1 heterocycles. The third kappa shape index (κ3) is 2.83. The molecule has 4 heteroatoms. The molecule has 100 valence electrons. The molecule has 0 radical (unpaired) electrons. The van der Waals surface area contributed by atoms with Crippen LogP contribution in [-0.2, 0) is 16.8 Å². The van der Waals surface area contributed by atoms with Gasteiger partial charge in [-0.05, 0) is 12.5 Å². The molecule has 1 aliphatic rings. The van der Waals surface area contributed by atoms with E-state index in [1.807, 2.05) is 19.1 Å². The maximum absolute atomic E-state index is 10.6. The Morgan fingerprint density at radius 3 is 3.11 bits per heavy atom. The highest BCUT2D eigenvalue weighted by Crippen LogP contribution is 2.35. The number of aliphatic hydroxyl groups is 1. The highest BCUT2D eigenvalue weighted by molar-refractivity contribution is 5.46. The lowest BCUT2D eigenvalue weighted by molar-refractivity contribution is 0.0524. The normalized spacial score (nSPS) is 17.1. The highest BCUT2D eigenvalue weighted by Gasteiger charge is 2.29. The monoisotopic (exact) mass is 251 g/mol. The van der Waals surface area contributed by atoms with Crippen LogP contribution in [0.1, 0.15) is 18.1 Å². The number of ether oxygens (including phenoxy) is 2. The molecule has 4 nitrogen and oxygen atoms in total. The number of methoxy groups -OCH3 is 1. The van der Waals surface area contributed by atoms with Crippen LogP contribution in [0.15, 0.2) is 18.2 Å². The van der Waals surface area contributed by atoms with E-state index < -0.39 is 5.60 Å². The van der Waals surface area contributed by atoms with Gasteiger partial charge in [-0.1, -0.05) is 18.2 Å². The van der Waals surface area contributed by atoms with Gasteiger partial charge in [0.25, 0.3) is 0 Å². The van der Waals surface area contributed by atoms with Crippen LogP contribution in [0.4, 0.5) is 0 Å². The van der Waals surface area contributed by atoms with Gasteiger partial charge in [0.2, 0.25) is 0 Å². The van der Waals surface area contributed by atoms with Gasteiger partial charge in [0.15, 0.2) is 0 Å². The molecule has 0 bridgehead atoms. The predicted molar refractivity (Wildman–Crippen MR) is 70.0 cm³/mol. The minimum absolute atomic E-state index is 0.482. The molecule has 1 unspecified atom stereocenters. The minimum Gasteiger partial charge on any atom is -0.493 e. The van der Waals surface area contributed by atoms with E-state index in [-0.39, 0.29) is 0 Å². The topological polar surface area (TPSA) is 50.7 Å². The summed E-state index contributed by atoms with van der Waals surface area (Å²) in [6.07, 6.45) is 0.927. The third-order valence-corrected chi connectivity index (χ3v) is 3.25. The number of rotatable bonds is 6. The Morgan fingerprint density at radius 2 is 2.33 bits per heavy atom. The summed E-state index contributed by atoms with van der Waals surface area (Å²) >= 11 is 0. The van der Waals surface area contributed by atoms with E-state index >= 15 is 0 Å². The quantitative estimate of drug-likeness (QED) is 0.742. The lowest BCUT2D eigenvalue weighted by Gasteiger charge is -2.26. The molecule has 1 aliphatic heterocycles. The Bertz CT molecular complexity index is 404. The molecule has 1 atom stereocenters. The number of nitrogens with one attached hydrogen (secondary N) is 1. The van der Waals surface area contributed by atoms with Crippen molar-refractivity contribution in [1.29, 1.82) is 0 Å². The summed E-state index contributed by atoms with van der Waals surface area (Å²) in [6.45, 7) is 4.36. The first-order chi connectivity index (χ1) is 8.65. The van der Waals surface area contributed by atoms with E-state index in [9.17, 15) is 5.11 Å². The zero-order valence-corrected chi connectivity index (χ0v) is 11.0. The SMILES string of the molecule is COCCNCC(C)(O)c1cccc2c1OCC2. The molecular weight excluding hydrogens is 230 g/mol. The Kier molecular flexibility index (Phi) is 4.22. The molecule has 0 fully saturated rings. The van der Waals surface area contributed by atoms with Gasteiger partial charge >= 0.3 is 0 Å². The van der Waals surface area contributed by atoms with Crippen LogP contribution < -0.4 is 10.1 Å². The van der Waals surface area contributed by atoms with Gasteiger partial charge in [0.1, 0.15) is 11.4 Å². The molecule has 0 aliphatic carbocycles. The van der Waals surface area contributed by atoms with Crippen molar-refractivity contribution in [3.63, 3.8) is 0 Å². The Balaban J connectivity index is 2.07. The summed E-state index contributed by atoms with van der Waals surface area (Å²) in [7, 11) is 1.66. The fourth-order valence-electron chi connectivity index (χ4n) is 2.24. The molecule has 1 aromatic carbocycles. The molecule has 0 saturated heterocycles. The highest BCUT2D eigenvalue weighted by atomic mass is 16.5. The molecule has 2 rings (SSSR count). The summed E-state index contributed by atoms with van der Waals surface area (Å²) in [5.74, 6) is 0.857. The lowest BCUT2D eigenvalue weighted by atomic mass is 9.93. The summed E-state index contributed by atoms with van der Waals surface area (Å²) in [4.78, 5) is 0. The van der Waals surface area contributed by atoms with Gasteiger partial charge < -0.3 is 19.9 Å². The smallest absolute Gasteiger partial charge is 0.128 e. The largest absolute Gasteiger partial charge is 0.493 e. The van der Waals surface area contributed by atoms with E-state index in [2.05, 4.69) is 11.4 Å². The Hall–Kier alpha value is -1.10. The van der Waals surface area contributed by atoms with Crippen LogP contribution in [0.5, 0.6) is 5.75 Å². The standard InChI is InChI=1S/C14H21NO3/c1-14(16,10-15-7-9-17-2)12-5-3-4-11-6-8-18-13(11)12/h3-5,15-16H,6-10H2,1-2H3. The maximum Gasteiger partial charge on any atom is 0.128 e. The number of para-hydroxylation sites is 1. The van der Waals surface area contributed by atoms with Crippen molar-refractivity contribution in [3.8, 4) is 5.75 Å². The predicted octanol–water partition coefficient (Wildman–Crippen LogP) is 1.06. The second-order valence-electron chi connectivity index (χ2n) is 4.84. The van der Waals surface area contributed by atoms with E-state index in [0.717, 1.165) is 24.3 Å². The average Bonchev–Trinajstić information content (AvgIpc) is 2.82. The number of hydrogen-bond donors (Lipinski definition) is 2. The van der Waals surface area contributed by atoms with Crippen molar-refractivity contribution in [3.05, 3.63) is 29.3 Å². The first-order valence-electron chi connectivity index (χ1n) is 6.32. The molecule has 0 saturated carbocycles. The van der Waals surface area contributed by atoms with Gasteiger partial charge in [-0.3, -0.25) is 0 Å². The Labute approximate surface area is 108 Å². The lowest BCUT2D eigenvalue weighted by Crippen LogP contribution is -2.37. The zero-order chi connectivity index (χ0) is 13.0. The molecule has 0 aromatic heterocycles. The first-order valence-corrected chi connectivity index (χ1v) is 6.32. The Morgan fingerprint density at radius 1 is 1.50 bits per heavy atom. The van der Waals surface area contributed by atoms with Crippen LogP contribution in [0.3, 0.4) is 0 Å². The average molecular weight is 251 g/mol. The van der Waals surface area contributed by atoms with Crippen molar-refractivity contribution in [2.75, 3.05) is 33.4 Å². The van der Waals surface area contributed by atoms with E-state index in [1.54, 1.807) is 7.11 Å². The van der Waals surface area contributed by atoms with Crippen LogP contribution in [0, 0.1) is 0 Å². The molecule has 0 spiro atoms. The van der Waals surface area contributed by atoms with E-state index in [1.165, 1.54) is 5.56 Å². The van der Waals surface area contributed by atoms with Crippen LogP contribution in [-0.4, -0.2) is 38.5 Å². The minimum atomic E-state index is -0.927. The van der Waals surface area contributed by atoms with Gasteiger partial charge in [-0.2, -0.15) is 0 Å². The van der Waals surface area contributed by atoms with Gasteiger partial charge in [-0.15, -0.1) is 0 Å². The van der Waals surface area contributed by atoms with E-state index in [4.69, 9.17) is 9.47 Å². The fraction of sp³-hybridized carbons (Fsp3) is 0.571. The van der Waals surface area contributed by atoms with Crippen molar-refractivity contribution in [2.45, 2.75) is 18.9 Å². The summed E-state index contributed by atoms with van der Waals surface area (Å²) in [5, 5.41) is 13.8. The van der Waals surface area contributed by atoms with Crippen molar-refractivity contribution < 1.29 is 14.6 Å². The second-order valence-corrected chi connectivity index (χ2v) is 4.84. The number of fused-ring (bicyclic) bond motifs is 1. The first kappa shape index (κ1) is 13.3. The molecule has 0 amide bonds. The molecular formula is C14H21NO3. The number of benzene rings is 1. The van der Waals surface area contributed by atoms with E-state index in [0.29, 0.717) is 19.8 Å². The van der Waals surface area contributed by atoms with Gasteiger partial charge in [0, 0.05) is 32.2 Å². The summed E-state index contributed by atoms with van der Waals surface area (Å²) < 4.78 is 10.6. The van der Waals surface area contributed by atoms with Crippen molar-refractivity contribution in [2.24, 2.45) is 0 Å². The second kappa shape index (κ2) is 5.69. The van der Waals surface area contributed by atoms with Crippen LogP contribution in [0.2, 0.25) is 0 Å². The third-order valence-electron chi connectivity index (χ3n) is 3.25. The summed E-state index contributed by atoms with van der Waals surface area (Å²) in [5.41, 5.74) is 1.12. The van der Waals surface area contributed by atoms with Crippen molar-refractivity contribution >= 4 is 0 Å². The summed E-state index contributed by atoms with van der Waals surface area (Å²) in [6, 6.07) is 5.97. The molecule has 2 N–H and O–H groups in total. The van der Waals surface area contributed by atoms with Gasteiger partial charge in [-0.25, -0.2) is 0 Å².